The van der Waals surface area contributed by atoms with Crippen LogP contribution in [0.4, 0.5) is 0 Å². The molecule has 1 rings (SSSR count). The quantitative estimate of drug-likeness (QED) is 0.600. The van der Waals surface area contributed by atoms with Crippen molar-refractivity contribution in [2.24, 2.45) is 0 Å². The molecule has 0 radical (unpaired) electrons. The fraction of sp³-hybridized carbons (Fsp3) is 0.250. The molecule has 0 unspecified atom stereocenters. The van der Waals surface area contributed by atoms with E-state index in [1.807, 2.05) is 12.1 Å². The fourth-order valence-corrected chi connectivity index (χ4v) is 3.06. The van der Waals surface area contributed by atoms with E-state index in [1.165, 1.54) is 4.46 Å². The molecule has 0 atom stereocenters. The number of alkyl halides is 1. The van der Waals surface area contributed by atoms with Crippen molar-refractivity contribution in [3.05, 3.63) is 24.3 Å². The van der Waals surface area contributed by atoms with Gasteiger partial charge in [-0.2, -0.15) is 0 Å². The van der Waals surface area contributed by atoms with Crippen molar-refractivity contribution in [3.63, 3.8) is 0 Å². The van der Waals surface area contributed by atoms with E-state index in [1.54, 1.807) is 7.11 Å². The molecule has 0 saturated heterocycles. The zero-order valence-corrected chi connectivity index (χ0v) is 9.51. The zero-order valence-electron chi connectivity index (χ0n) is 6.21. The van der Waals surface area contributed by atoms with Gasteiger partial charge in [0.15, 0.2) is 0 Å². The Kier molecular flexibility index (Phi) is 3.98. The second-order valence-corrected chi connectivity index (χ2v) is 6.36. The Morgan fingerprint density at radius 2 is 2.00 bits per heavy atom. The molecule has 11 heavy (non-hydrogen) atoms. The van der Waals surface area contributed by atoms with Crippen LogP contribution >= 0.6 is 15.9 Å². The topological polar surface area (TPSA) is 9.23 Å². The van der Waals surface area contributed by atoms with Crippen LogP contribution in [0.2, 0.25) is 0 Å². The van der Waals surface area contributed by atoms with E-state index >= 15 is 0 Å². The maximum absolute atomic E-state index is 5.04. The number of ether oxygens (including phenoxy) is 1. The standard InChI is InChI=1S/C8H9BrOSe/c1-10-7-2-4-8(5-3-7)11-6-9/h2-5H,6H2,1H3. The third-order valence-electron chi connectivity index (χ3n) is 1.28. The molecule has 0 amide bonds. The van der Waals surface area contributed by atoms with Crippen molar-refractivity contribution in [2.75, 3.05) is 11.3 Å². The molecule has 0 N–H and O–H groups in total. The van der Waals surface area contributed by atoms with Crippen LogP contribution in [0.25, 0.3) is 0 Å². The second kappa shape index (κ2) is 4.81. The normalized spacial score (nSPS) is 9.64. The van der Waals surface area contributed by atoms with Gasteiger partial charge in [0.25, 0.3) is 0 Å². The third-order valence-corrected chi connectivity index (χ3v) is 3.97. The summed E-state index contributed by atoms with van der Waals surface area (Å²) >= 11 is 3.98. The first kappa shape index (κ1) is 9.11. The number of methoxy groups -OCH3 is 1. The summed E-state index contributed by atoms with van der Waals surface area (Å²) in [5, 5.41) is 0. The molecular weight excluding hydrogens is 271 g/mol. The Labute approximate surface area is 81.4 Å². The first-order valence-corrected chi connectivity index (χ1v) is 6.38. The molecular formula is C8H9BrOSe. The molecule has 0 heterocycles. The third kappa shape index (κ3) is 2.86. The molecule has 1 nitrogen and oxygen atoms in total. The van der Waals surface area contributed by atoms with E-state index in [0.29, 0.717) is 15.0 Å². The summed E-state index contributed by atoms with van der Waals surface area (Å²) in [6.45, 7) is 0. The Bertz CT molecular complexity index is 210. The average molecular weight is 280 g/mol. The van der Waals surface area contributed by atoms with E-state index in [4.69, 9.17) is 4.74 Å². The number of benzene rings is 1. The van der Waals surface area contributed by atoms with Crippen LogP contribution in [0.5, 0.6) is 5.75 Å². The Hall–Kier alpha value is 0.0195. The molecule has 1 aromatic rings. The van der Waals surface area contributed by atoms with Crippen LogP contribution in [-0.2, 0) is 0 Å². The van der Waals surface area contributed by atoms with Crippen molar-refractivity contribution in [1.29, 1.82) is 0 Å². The zero-order chi connectivity index (χ0) is 8.10. The Balaban J connectivity index is 2.66. The molecule has 3 heteroatoms. The van der Waals surface area contributed by atoms with Crippen molar-refractivity contribution < 1.29 is 4.74 Å². The van der Waals surface area contributed by atoms with Gasteiger partial charge in [-0.3, -0.25) is 0 Å². The molecule has 60 valence electrons. The number of halogens is 1. The summed E-state index contributed by atoms with van der Waals surface area (Å²) in [5.74, 6) is 0.930. The second-order valence-electron chi connectivity index (χ2n) is 1.93. The van der Waals surface area contributed by atoms with Gasteiger partial charge in [0, 0.05) is 0 Å². The van der Waals surface area contributed by atoms with Gasteiger partial charge in [0.1, 0.15) is 0 Å². The van der Waals surface area contributed by atoms with Gasteiger partial charge in [-0.25, -0.2) is 0 Å². The first-order chi connectivity index (χ1) is 5.36. The average Bonchev–Trinajstić information content (AvgIpc) is 2.07. The van der Waals surface area contributed by atoms with E-state index in [-0.39, 0.29) is 0 Å². The molecule has 1 aromatic carbocycles. The van der Waals surface area contributed by atoms with E-state index in [0.717, 1.165) is 9.98 Å². The van der Waals surface area contributed by atoms with Crippen LogP contribution in [0.3, 0.4) is 0 Å². The first-order valence-electron chi connectivity index (χ1n) is 3.19. The van der Waals surface area contributed by atoms with E-state index < -0.39 is 0 Å². The van der Waals surface area contributed by atoms with Gasteiger partial charge in [-0.1, -0.05) is 0 Å². The van der Waals surface area contributed by atoms with Crippen LogP contribution in [0.1, 0.15) is 0 Å². The van der Waals surface area contributed by atoms with E-state index in [2.05, 4.69) is 28.1 Å². The summed E-state index contributed by atoms with van der Waals surface area (Å²) in [7, 11) is 1.69. The summed E-state index contributed by atoms with van der Waals surface area (Å²) in [6.07, 6.45) is 0. The summed E-state index contributed by atoms with van der Waals surface area (Å²) < 4.78 is 7.52. The SMILES string of the molecule is COc1ccc([Se]CBr)cc1. The van der Waals surface area contributed by atoms with Crippen LogP contribution < -0.4 is 9.20 Å². The summed E-state index contributed by atoms with van der Waals surface area (Å²) in [4.78, 5) is 0. The van der Waals surface area contributed by atoms with Gasteiger partial charge in [-0.05, 0) is 0 Å². The number of rotatable bonds is 3. The van der Waals surface area contributed by atoms with Gasteiger partial charge >= 0.3 is 81.4 Å². The molecule has 0 aliphatic carbocycles. The maximum atomic E-state index is 5.04. The van der Waals surface area contributed by atoms with Gasteiger partial charge in [0.2, 0.25) is 0 Å². The molecule has 0 fully saturated rings. The Morgan fingerprint density at radius 3 is 2.45 bits per heavy atom. The Morgan fingerprint density at radius 1 is 1.36 bits per heavy atom. The molecule has 0 saturated carbocycles. The van der Waals surface area contributed by atoms with E-state index in [9.17, 15) is 0 Å². The minimum absolute atomic E-state index is 0.562. The molecule has 0 aromatic heterocycles. The van der Waals surface area contributed by atoms with Crippen molar-refractivity contribution in [2.45, 2.75) is 0 Å². The molecule has 0 aliphatic heterocycles. The molecule has 0 aliphatic rings. The summed E-state index contributed by atoms with van der Waals surface area (Å²) in [6, 6.07) is 8.22. The molecule has 0 bridgehead atoms. The van der Waals surface area contributed by atoms with Gasteiger partial charge < -0.3 is 0 Å². The van der Waals surface area contributed by atoms with Crippen molar-refractivity contribution >= 4 is 35.3 Å². The predicted molar refractivity (Wildman–Crippen MR) is 52.2 cm³/mol. The predicted octanol–water partition coefficient (Wildman–Crippen LogP) is 1.38. The number of hydrogen-bond donors (Lipinski definition) is 0. The van der Waals surface area contributed by atoms with Crippen molar-refractivity contribution in [3.8, 4) is 5.75 Å². The monoisotopic (exact) mass is 280 g/mol. The van der Waals surface area contributed by atoms with Crippen LogP contribution in [-0.4, -0.2) is 26.3 Å². The van der Waals surface area contributed by atoms with Gasteiger partial charge in [0.05, 0.1) is 0 Å². The van der Waals surface area contributed by atoms with Crippen molar-refractivity contribution in [1.82, 2.24) is 0 Å². The molecule has 0 spiro atoms. The van der Waals surface area contributed by atoms with Gasteiger partial charge in [-0.15, -0.1) is 0 Å². The van der Waals surface area contributed by atoms with Crippen LogP contribution in [0.15, 0.2) is 24.3 Å². The fourth-order valence-electron chi connectivity index (χ4n) is 0.735. The minimum atomic E-state index is 0.562. The van der Waals surface area contributed by atoms with Crippen LogP contribution in [0, 0.1) is 0 Å². The number of hydrogen-bond acceptors (Lipinski definition) is 1. The summed E-state index contributed by atoms with van der Waals surface area (Å²) in [5.41, 5.74) is 0.